The van der Waals surface area contributed by atoms with Crippen molar-refractivity contribution >= 4 is 11.9 Å². The van der Waals surface area contributed by atoms with Crippen LogP contribution in [0.3, 0.4) is 0 Å². The summed E-state index contributed by atoms with van der Waals surface area (Å²) in [5, 5.41) is 17.2. The minimum absolute atomic E-state index is 2.31. The third kappa shape index (κ3) is 4.22. The van der Waals surface area contributed by atoms with Crippen LogP contribution in [-0.2, 0) is 0 Å². The molecule has 1 aromatic rings. The van der Waals surface area contributed by atoms with E-state index in [4.69, 9.17) is 10.2 Å². The normalized spacial score (nSPS) is 14.1. The molecule has 0 bridgehead atoms. The van der Waals surface area contributed by atoms with E-state index in [-0.39, 0.29) is 0 Å². The fourth-order valence-electron chi connectivity index (χ4n) is 1.90. The summed E-state index contributed by atoms with van der Waals surface area (Å²) in [6, 6.07) is -4.05. The van der Waals surface area contributed by atoms with Gasteiger partial charge in [0.05, 0.1) is 0 Å². The standard InChI is InChI=1S/C14H2F14O5/c15-3-1(9(29)30)2(10(31)32)4(16)6(5(3)17)33-8(19)7(18)11(20,21)12(22,23)13(24,25)14(26,27)28/h(H,29,30)(H,31,32). The minimum atomic E-state index is -7.79. The number of ether oxygens (including phenoxy) is 1. The van der Waals surface area contributed by atoms with Crippen LogP contribution in [0.2, 0.25) is 0 Å². The lowest BCUT2D eigenvalue weighted by Gasteiger charge is -2.32. The predicted octanol–water partition coefficient (Wildman–Crippen LogP) is 5.46. The molecule has 1 aromatic carbocycles. The number of carboxylic acids is 2. The fourth-order valence-corrected chi connectivity index (χ4v) is 1.90. The number of hydrogen-bond acceptors (Lipinski definition) is 3. The SMILES string of the molecule is O=C(O)c1c(F)c(F)c(OC(F)=C(F)C(F)(F)C(F)(F)C(F)(F)C(F)(F)F)c(F)c1C(=O)O. The smallest absolute Gasteiger partial charge is 0.460 e. The average molecular weight is 516 g/mol. The molecule has 0 atom stereocenters. The van der Waals surface area contributed by atoms with Crippen molar-refractivity contribution in [3.05, 3.63) is 40.4 Å². The number of hydrogen-bond donors (Lipinski definition) is 2. The molecule has 2 N–H and O–H groups in total. The zero-order valence-electron chi connectivity index (χ0n) is 14.4. The van der Waals surface area contributed by atoms with Gasteiger partial charge in [-0.3, -0.25) is 0 Å². The minimum Gasteiger partial charge on any atom is -0.478 e. The van der Waals surface area contributed by atoms with E-state index in [9.17, 15) is 71.1 Å². The molecule has 5 nitrogen and oxygen atoms in total. The van der Waals surface area contributed by atoms with Crippen molar-refractivity contribution in [2.24, 2.45) is 0 Å². The molecule has 33 heavy (non-hydrogen) atoms. The third-order valence-electron chi connectivity index (χ3n) is 3.49. The van der Waals surface area contributed by atoms with Crippen LogP contribution in [0.25, 0.3) is 0 Å². The van der Waals surface area contributed by atoms with Crippen molar-refractivity contribution in [2.75, 3.05) is 0 Å². The van der Waals surface area contributed by atoms with Crippen LogP contribution in [0.4, 0.5) is 61.5 Å². The predicted molar refractivity (Wildman–Crippen MR) is 71.0 cm³/mol. The van der Waals surface area contributed by atoms with E-state index in [0.717, 1.165) is 0 Å². The average Bonchev–Trinajstić information content (AvgIpc) is 2.64. The molecular weight excluding hydrogens is 514 g/mol. The Bertz CT molecular complexity index is 1030. The monoisotopic (exact) mass is 516 g/mol. The summed E-state index contributed by atoms with van der Waals surface area (Å²) < 4.78 is 185. The Balaban J connectivity index is 3.74. The molecule has 0 saturated heterocycles. The lowest BCUT2D eigenvalue weighted by Crippen LogP contribution is -2.61. The second-order valence-corrected chi connectivity index (χ2v) is 5.54. The van der Waals surface area contributed by atoms with E-state index in [1.165, 1.54) is 0 Å². The zero-order chi connectivity index (χ0) is 26.5. The Hall–Kier alpha value is -3.28. The lowest BCUT2D eigenvalue weighted by atomic mass is 10.0. The van der Waals surface area contributed by atoms with Gasteiger partial charge >= 0.3 is 41.9 Å². The third-order valence-corrected chi connectivity index (χ3v) is 3.49. The molecule has 0 spiro atoms. The van der Waals surface area contributed by atoms with Crippen LogP contribution in [0.1, 0.15) is 20.7 Å². The van der Waals surface area contributed by atoms with E-state index in [2.05, 4.69) is 4.74 Å². The van der Waals surface area contributed by atoms with Gasteiger partial charge in [0, 0.05) is 0 Å². The van der Waals surface area contributed by atoms with Gasteiger partial charge in [0.1, 0.15) is 11.1 Å². The first-order chi connectivity index (χ1) is 14.6. The van der Waals surface area contributed by atoms with Gasteiger partial charge < -0.3 is 14.9 Å². The molecule has 0 saturated carbocycles. The van der Waals surface area contributed by atoms with E-state index < -0.39 is 82.1 Å². The Morgan fingerprint density at radius 3 is 1.42 bits per heavy atom. The van der Waals surface area contributed by atoms with Gasteiger partial charge in [0.25, 0.3) is 0 Å². The van der Waals surface area contributed by atoms with Crippen molar-refractivity contribution in [3.8, 4) is 5.75 Å². The Kier molecular flexibility index (Phi) is 6.94. The summed E-state index contributed by atoms with van der Waals surface area (Å²) in [6.45, 7) is 0. The highest BCUT2D eigenvalue weighted by atomic mass is 19.4. The molecule has 0 radical (unpaired) electrons. The zero-order valence-corrected chi connectivity index (χ0v) is 14.4. The first kappa shape index (κ1) is 27.8. The van der Waals surface area contributed by atoms with Crippen LogP contribution in [-0.4, -0.2) is 46.1 Å². The molecule has 1 rings (SSSR count). The molecule has 0 unspecified atom stereocenters. The van der Waals surface area contributed by atoms with Crippen molar-refractivity contribution < 1.29 is 86.0 Å². The van der Waals surface area contributed by atoms with Crippen LogP contribution in [0, 0.1) is 17.5 Å². The van der Waals surface area contributed by atoms with Gasteiger partial charge in [0.2, 0.25) is 17.4 Å². The number of aromatic carboxylic acids is 2. The molecule has 0 heterocycles. The molecule has 186 valence electrons. The largest absolute Gasteiger partial charge is 0.478 e. The highest BCUT2D eigenvalue weighted by molar-refractivity contribution is 6.02. The molecule has 0 aliphatic carbocycles. The van der Waals surface area contributed by atoms with Gasteiger partial charge in [-0.25, -0.2) is 18.4 Å². The Morgan fingerprint density at radius 1 is 0.667 bits per heavy atom. The van der Waals surface area contributed by atoms with Crippen molar-refractivity contribution in [1.82, 2.24) is 0 Å². The second kappa shape index (κ2) is 8.25. The quantitative estimate of drug-likeness (QED) is 0.286. The summed E-state index contributed by atoms with van der Waals surface area (Å²) in [7, 11) is 0. The molecule has 19 heteroatoms. The van der Waals surface area contributed by atoms with E-state index in [0.29, 0.717) is 0 Å². The summed E-state index contributed by atoms with van der Waals surface area (Å²) in [5.41, 5.74) is -4.71. The fraction of sp³-hybridized carbons (Fsp3) is 0.286. The number of alkyl halides is 9. The summed E-state index contributed by atoms with van der Waals surface area (Å²) in [4.78, 5) is 21.6. The topological polar surface area (TPSA) is 83.8 Å². The summed E-state index contributed by atoms with van der Waals surface area (Å²) in [5.74, 6) is -44.8. The number of carboxylic acid groups (broad SMARTS) is 2. The van der Waals surface area contributed by atoms with Crippen molar-refractivity contribution in [2.45, 2.75) is 23.9 Å². The number of halogens is 14. The van der Waals surface area contributed by atoms with Crippen molar-refractivity contribution in [1.29, 1.82) is 0 Å². The molecular formula is C14H2F14O5. The molecule has 0 aliphatic heterocycles. The summed E-state index contributed by atoms with van der Waals surface area (Å²) >= 11 is 0. The Morgan fingerprint density at radius 2 is 1.06 bits per heavy atom. The maximum atomic E-state index is 14.0. The van der Waals surface area contributed by atoms with Crippen LogP contribution in [0.5, 0.6) is 5.75 Å². The second-order valence-electron chi connectivity index (χ2n) is 5.54. The first-order valence-corrected chi connectivity index (χ1v) is 7.16. The first-order valence-electron chi connectivity index (χ1n) is 7.16. The number of carbonyl (C=O) groups is 2. The lowest BCUT2D eigenvalue weighted by molar-refractivity contribution is -0.392. The number of rotatable bonds is 7. The van der Waals surface area contributed by atoms with Crippen molar-refractivity contribution in [3.63, 3.8) is 0 Å². The number of allylic oxidation sites excluding steroid dienone is 1. The molecule has 0 aromatic heterocycles. The Labute approximate surface area is 169 Å². The molecule has 0 amide bonds. The van der Waals surface area contributed by atoms with Gasteiger partial charge in [0.15, 0.2) is 11.6 Å². The highest BCUT2D eigenvalue weighted by Crippen LogP contribution is 2.55. The summed E-state index contributed by atoms with van der Waals surface area (Å²) in [6.07, 6.45) is -7.46. The van der Waals surface area contributed by atoms with E-state index >= 15 is 0 Å². The van der Waals surface area contributed by atoms with Crippen LogP contribution in [0.15, 0.2) is 11.8 Å². The van der Waals surface area contributed by atoms with Gasteiger partial charge in [-0.2, -0.15) is 52.7 Å². The van der Waals surface area contributed by atoms with Gasteiger partial charge in [-0.05, 0) is 0 Å². The molecule has 0 fully saturated rings. The maximum Gasteiger partial charge on any atom is 0.460 e. The highest BCUT2D eigenvalue weighted by Gasteiger charge is 2.83. The van der Waals surface area contributed by atoms with Crippen LogP contribution >= 0.6 is 0 Å². The van der Waals surface area contributed by atoms with E-state index in [1.807, 2.05) is 0 Å². The van der Waals surface area contributed by atoms with Gasteiger partial charge in [-0.15, -0.1) is 0 Å². The van der Waals surface area contributed by atoms with Gasteiger partial charge in [-0.1, -0.05) is 0 Å². The van der Waals surface area contributed by atoms with E-state index in [1.54, 1.807) is 0 Å². The maximum absolute atomic E-state index is 14.0. The molecule has 0 aliphatic rings. The van der Waals surface area contributed by atoms with Crippen LogP contribution < -0.4 is 4.74 Å². The number of benzene rings is 1.